The Morgan fingerprint density at radius 2 is 1.81 bits per heavy atom. The Hall–Kier alpha value is -2.96. The molecule has 3 amide bonds. The summed E-state index contributed by atoms with van der Waals surface area (Å²) in [7, 11) is 1.82. The highest BCUT2D eigenvalue weighted by Gasteiger charge is 2.34. The van der Waals surface area contributed by atoms with Gasteiger partial charge in [-0.1, -0.05) is 11.6 Å². The molecule has 0 saturated heterocycles. The predicted molar refractivity (Wildman–Crippen MR) is 97.1 cm³/mol. The van der Waals surface area contributed by atoms with Gasteiger partial charge < -0.3 is 5.32 Å². The molecule has 0 spiro atoms. The van der Waals surface area contributed by atoms with E-state index in [1.54, 1.807) is 16.8 Å². The second-order valence-electron chi connectivity index (χ2n) is 6.63. The number of aromatic nitrogens is 2. The van der Waals surface area contributed by atoms with Gasteiger partial charge in [0.2, 0.25) is 5.91 Å². The summed E-state index contributed by atoms with van der Waals surface area (Å²) in [6, 6.07) is 5.24. The summed E-state index contributed by atoms with van der Waals surface area (Å²) in [4.78, 5) is 38.2. The first kappa shape index (κ1) is 17.8. The van der Waals surface area contributed by atoms with Gasteiger partial charge in [-0.3, -0.25) is 24.0 Å². The van der Waals surface area contributed by atoms with E-state index in [1.807, 2.05) is 33.9 Å². The monoisotopic (exact) mass is 354 g/mol. The fourth-order valence-corrected chi connectivity index (χ4v) is 3.16. The van der Waals surface area contributed by atoms with Gasteiger partial charge in [0.15, 0.2) is 0 Å². The molecule has 1 aromatic carbocycles. The maximum Gasteiger partial charge on any atom is 0.261 e. The van der Waals surface area contributed by atoms with Crippen molar-refractivity contribution in [3.8, 4) is 0 Å². The fraction of sp³-hybridized carbons (Fsp3) is 0.368. The maximum absolute atomic E-state index is 12.4. The topological polar surface area (TPSA) is 84.3 Å². The highest BCUT2D eigenvalue weighted by molar-refractivity contribution is 6.21. The van der Waals surface area contributed by atoms with Crippen LogP contribution in [-0.2, 0) is 11.8 Å². The van der Waals surface area contributed by atoms with Crippen molar-refractivity contribution < 1.29 is 14.4 Å². The van der Waals surface area contributed by atoms with Gasteiger partial charge in [0.1, 0.15) is 0 Å². The van der Waals surface area contributed by atoms with Crippen LogP contribution in [0.5, 0.6) is 0 Å². The molecule has 2 heterocycles. The van der Waals surface area contributed by atoms with Crippen molar-refractivity contribution >= 4 is 23.4 Å². The van der Waals surface area contributed by atoms with Gasteiger partial charge in [0.05, 0.1) is 28.2 Å². The van der Waals surface area contributed by atoms with Crippen LogP contribution in [0.1, 0.15) is 50.5 Å². The maximum atomic E-state index is 12.4. The molecule has 7 nitrogen and oxygen atoms in total. The van der Waals surface area contributed by atoms with E-state index in [4.69, 9.17) is 0 Å². The number of amides is 3. The highest BCUT2D eigenvalue weighted by atomic mass is 16.2. The lowest BCUT2D eigenvalue weighted by molar-refractivity contribution is -0.116. The first-order chi connectivity index (χ1) is 12.3. The largest absolute Gasteiger partial charge is 0.323 e. The van der Waals surface area contributed by atoms with Crippen LogP contribution in [0.25, 0.3) is 0 Å². The Kier molecular flexibility index (Phi) is 4.63. The molecule has 1 aliphatic rings. The smallest absolute Gasteiger partial charge is 0.261 e. The number of rotatable bonds is 5. The number of anilines is 1. The Morgan fingerprint density at radius 1 is 1.12 bits per heavy atom. The van der Waals surface area contributed by atoms with Crippen molar-refractivity contribution in [2.45, 2.75) is 33.6 Å². The zero-order valence-electron chi connectivity index (χ0n) is 15.4. The van der Waals surface area contributed by atoms with E-state index in [-0.39, 0.29) is 30.7 Å². The van der Waals surface area contributed by atoms with Crippen LogP contribution in [-0.4, -0.2) is 38.9 Å². The molecular formula is C19H22N4O3. The number of hydrogen-bond acceptors (Lipinski definition) is 4. The second kappa shape index (κ2) is 6.74. The molecule has 7 heteroatoms. The lowest BCUT2D eigenvalue weighted by atomic mass is 10.1. The van der Waals surface area contributed by atoms with Crippen molar-refractivity contribution in [2.24, 2.45) is 7.05 Å². The average Bonchev–Trinajstić information content (AvgIpc) is 2.96. The number of carbonyl (C=O) groups is 3. The number of carbonyl (C=O) groups excluding carboxylic acids is 3. The number of imide groups is 1. The molecule has 0 saturated carbocycles. The van der Waals surface area contributed by atoms with E-state index in [9.17, 15) is 14.4 Å². The molecule has 0 unspecified atom stereocenters. The van der Waals surface area contributed by atoms with Gasteiger partial charge in [-0.15, -0.1) is 0 Å². The number of aryl methyl sites for hydroxylation is 3. The molecule has 26 heavy (non-hydrogen) atoms. The van der Waals surface area contributed by atoms with Crippen molar-refractivity contribution in [3.05, 3.63) is 46.3 Å². The molecule has 0 fully saturated rings. The summed E-state index contributed by atoms with van der Waals surface area (Å²) in [5.74, 6) is -0.728. The SMILES string of the molecule is Cc1ccc2c(c1)C(=O)N(CCCC(=O)Nc1c(C)nn(C)c1C)C2=O. The minimum Gasteiger partial charge on any atom is -0.323 e. The molecule has 3 rings (SSSR count). The Morgan fingerprint density at radius 3 is 2.46 bits per heavy atom. The van der Waals surface area contributed by atoms with Gasteiger partial charge in [0, 0.05) is 20.0 Å². The number of fused-ring (bicyclic) bond motifs is 1. The molecule has 1 aliphatic heterocycles. The van der Waals surface area contributed by atoms with Crippen LogP contribution in [0.3, 0.4) is 0 Å². The van der Waals surface area contributed by atoms with Gasteiger partial charge in [-0.2, -0.15) is 5.10 Å². The third-order valence-electron chi connectivity index (χ3n) is 4.69. The van der Waals surface area contributed by atoms with Crippen LogP contribution in [0.15, 0.2) is 18.2 Å². The third-order valence-corrected chi connectivity index (χ3v) is 4.69. The summed E-state index contributed by atoms with van der Waals surface area (Å²) >= 11 is 0. The molecule has 0 aliphatic carbocycles. The quantitative estimate of drug-likeness (QED) is 0.836. The van der Waals surface area contributed by atoms with Crippen molar-refractivity contribution in [1.29, 1.82) is 0 Å². The first-order valence-electron chi connectivity index (χ1n) is 8.56. The number of benzene rings is 1. The average molecular weight is 354 g/mol. The molecule has 1 aromatic heterocycles. The predicted octanol–water partition coefficient (Wildman–Crippen LogP) is 2.36. The third kappa shape index (κ3) is 3.12. The first-order valence-corrected chi connectivity index (χ1v) is 8.56. The molecule has 1 N–H and O–H groups in total. The Labute approximate surface area is 152 Å². The van der Waals surface area contributed by atoms with Gasteiger partial charge in [0.25, 0.3) is 11.8 Å². The summed E-state index contributed by atoms with van der Waals surface area (Å²) in [6.45, 7) is 5.83. The zero-order valence-corrected chi connectivity index (χ0v) is 15.4. The van der Waals surface area contributed by atoms with Crippen LogP contribution in [0.2, 0.25) is 0 Å². The van der Waals surface area contributed by atoms with E-state index < -0.39 is 0 Å². The van der Waals surface area contributed by atoms with Crippen LogP contribution in [0.4, 0.5) is 5.69 Å². The van der Waals surface area contributed by atoms with E-state index >= 15 is 0 Å². The Balaban J connectivity index is 1.58. The van der Waals surface area contributed by atoms with Gasteiger partial charge in [-0.25, -0.2) is 0 Å². The van der Waals surface area contributed by atoms with Crippen LogP contribution < -0.4 is 5.32 Å². The number of nitrogens with one attached hydrogen (secondary N) is 1. The van der Waals surface area contributed by atoms with E-state index in [2.05, 4.69) is 10.4 Å². The van der Waals surface area contributed by atoms with Crippen molar-refractivity contribution in [3.63, 3.8) is 0 Å². The van der Waals surface area contributed by atoms with E-state index in [1.165, 1.54) is 4.90 Å². The molecule has 0 bridgehead atoms. The normalized spacial score (nSPS) is 13.3. The minimum atomic E-state index is -0.288. The summed E-state index contributed by atoms with van der Waals surface area (Å²) in [5.41, 5.74) is 4.18. The zero-order chi connectivity index (χ0) is 19.0. The van der Waals surface area contributed by atoms with Crippen molar-refractivity contribution in [1.82, 2.24) is 14.7 Å². The van der Waals surface area contributed by atoms with Crippen molar-refractivity contribution in [2.75, 3.05) is 11.9 Å². The van der Waals surface area contributed by atoms with E-state index in [0.29, 0.717) is 23.2 Å². The summed E-state index contributed by atoms with van der Waals surface area (Å²) in [5, 5.41) is 7.12. The molecule has 136 valence electrons. The number of hydrogen-bond donors (Lipinski definition) is 1. The van der Waals surface area contributed by atoms with E-state index in [0.717, 1.165) is 17.0 Å². The Bertz CT molecular complexity index is 914. The lowest BCUT2D eigenvalue weighted by Crippen LogP contribution is -2.31. The van der Waals surface area contributed by atoms with Crippen LogP contribution in [0, 0.1) is 20.8 Å². The highest BCUT2D eigenvalue weighted by Crippen LogP contribution is 2.24. The lowest BCUT2D eigenvalue weighted by Gasteiger charge is -2.13. The molecule has 0 atom stereocenters. The summed E-state index contributed by atoms with van der Waals surface area (Å²) in [6.07, 6.45) is 0.634. The summed E-state index contributed by atoms with van der Waals surface area (Å²) < 4.78 is 1.71. The fourth-order valence-electron chi connectivity index (χ4n) is 3.16. The van der Waals surface area contributed by atoms with Gasteiger partial charge >= 0.3 is 0 Å². The molecule has 2 aromatic rings. The molecule has 0 radical (unpaired) electrons. The minimum absolute atomic E-state index is 0.156. The van der Waals surface area contributed by atoms with Gasteiger partial charge in [-0.05, 0) is 39.3 Å². The van der Waals surface area contributed by atoms with Crippen LogP contribution >= 0.6 is 0 Å². The number of nitrogens with zero attached hydrogens (tertiary/aromatic N) is 3. The standard InChI is InChI=1S/C19H22N4O3/c1-11-7-8-14-15(10-11)19(26)23(18(14)25)9-5-6-16(24)20-17-12(2)21-22(4)13(17)3/h7-8,10H,5-6,9H2,1-4H3,(H,20,24). The molecular weight excluding hydrogens is 332 g/mol. The second-order valence-corrected chi connectivity index (χ2v) is 6.63.